The first kappa shape index (κ1) is 28.9. The SMILES string of the molecule is CN=C(NCCCOC1CCCCC1)NCc1cccc(OCCN(C)CCOC)c1.I. The van der Waals surface area contributed by atoms with Gasteiger partial charge in [-0.1, -0.05) is 31.4 Å². The normalized spacial score (nSPS) is 14.8. The van der Waals surface area contributed by atoms with Crippen molar-refractivity contribution >= 4 is 29.9 Å². The highest BCUT2D eigenvalue weighted by Crippen LogP contribution is 2.20. The summed E-state index contributed by atoms with van der Waals surface area (Å²) < 4.78 is 17.0. The first-order valence-electron chi connectivity index (χ1n) is 11.7. The summed E-state index contributed by atoms with van der Waals surface area (Å²) in [6.07, 6.45) is 7.91. The second kappa shape index (κ2) is 18.3. The maximum Gasteiger partial charge on any atom is 0.191 e. The van der Waals surface area contributed by atoms with Gasteiger partial charge in [-0.05, 0) is 44.0 Å². The minimum atomic E-state index is 0. The largest absolute Gasteiger partial charge is 0.492 e. The molecular formula is C24H43IN4O3. The van der Waals surface area contributed by atoms with Gasteiger partial charge in [0.15, 0.2) is 5.96 Å². The van der Waals surface area contributed by atoms with E-state index in [2.05, 4.69) is 39.7 Å². The summed E-state index contributed by atoms with van der Waals surface area (Å²) in [5.41, 5.74) is 1.16. The fraction of sp³-hybridized carbons (Fsp3) is 0.708. The molecule has 0 spiro atoms. The summed E-state index contributed by atoms with van der Waals surface area (Å²) in [6, 6.07) is 8.20. The zero-order valence-electron chi connectivity index (χ0n) is 20.1. The average Bonchev–Trinajstić information content (AvgIpc) is 2.80. The van der Waals surface area contributed by atoms with Crippen molar-refractivity contribution in [1.29, 1.82) is 0 Å². The van der Waals surface area contributed by atoms with Crippen LogP contribution >= 0.6 is 24.0 Å². The minimum absolute atomic E-state index is 0. The lowest BCUT2D eigenvalue weighted by atomic mass is 9.98. The monoisotopic (exact) mass is 562 g/mol. The number of hydrogen-bond donors (Lipinski definition) is 2. The standard InChI is InChI=1S/C24H42N4O3.HI/c1-25-24(26-13-8-16-30-22-10-5-4-6-11-22)27-20-21-9-7-12-23(19-21)31-18-15-28(2)14-17-29-3;/h7,9,12,19,22H,4-6,8,10-11,13-18,20H2,1-3H3,(H2,25,26,27);1H. The van der Waals surface area contributed by atoms with Crippen LogP contribution in [0.25, 0.3) is 0 Å². The van der Waals surface area contributed by atoms with Crippen molar-refractivity contribution in [1.82, 2.24) is 15.5 Å². The van der Waals surface area contributed by atoms with Crippen LogP contribution in [0.5, 0.6) is 5.75 Å². The lowest BCUT2D eigenvalue weighted by Crippen LogP contribution is -2.37. The van der Waals surface area contributed by atoms with Gasteiger partial charge in [-0.15, -0.1) is 24.0 Å². The molecule has 0 bridgehead atoms. The lowest BCUT2D eigenvalue weighted by molar-refractivity contribution is 0.0277. The van der Waals surface area contributed by atoms with Gasteiger partial charge in [0.1, 0.15) is 12.4 Å². The first-order chi connectivity index (χ1) is 15.2. The molecule has 1 aromatic carbocycles. The molecule has 0 aliphatic heterocycles. The van der Waals surface area contributed by atoms with E-state index >= 15 is 0 Å². The van der Waals surface area contributed by atoms with Gasteiger partial charge in [-0.3, -0.25) is 4.99 Å². The Kier molecular flexibility index (Phi) is 16.6. The summed E-state index contributed by atoms with van der Waals surface area (Å²) in [5, 5.41) is 6.74. The number of methoxy groups -OCH3 is 1. The molecule has 2 N–H and O–H groups in total. The highest BCUT2D eigenvalue weighted by Gasteiger charge is 2.13. The second-order valence-electron chi connectivity index (χ2n) is 8.13. The summed E-state index contributed by atoms with van der Waals surface area (Å²) in [6.45, 7) is 5.53. The summed E-state index contributed by atoms with van der Waals surface area (Å²) in [4.78, 5) is 6.51. The Balaban J connectivity index is 0.00000512. The molecule has 1 aliphatic rings. The number of rotatable bonds is 14. The van der Waals surface area contributed by atoms with E-state index in [1.165, 1.54) is 32.1 Å². The first-order valence-corrected chi connectivity index (χ1v) is 11.7. The van der Waals surface area contributed by atoms with Crippen LogP contribution in [0.4, 0.5) is 0 Å². The van der Waals surface area contributed by atoms with Crippen LogP contribution in [-0.2, 0) is 16.0 Å². The fourth-order valence-corrected chi connectivity index (χ4v) is 3.59. The van der Waals surface area contributed by atoms with Crippen molar-refractivity contribution in [2.45, 2.75) is 51.2 Å². The Hall–Kier alpha value is -1.10. The quantitative estimate of drug-likeness (QED) is 0.156. The lowest BCUT2D eigenvalue weighted by Gasteiger charge is -2.22. The molecule has 2 rings (SSSR count). The molecule has 1 aromatic rings. The number of nitrogens with one attached hydrogen (secondary N) is 2. The average molecular weight is 563 g/mol. The molecule has 7 nitrogen and oxygen atoms in total. The summed E-state index contributed by atoms with van der Waals surface area (Å²) in [5.74, 6) is 1.70. The number of nitrogens with zero attached hydrogens (tertiary/aromatic N) is 2. The van der Waals surface area contributed by atoms with E-state index in [1.54, 1.807) is 14.2 Å². The molecule has 8 heteroatoms. The van der Waals surface area contributed by atoms with E-state index in [0.29, 0.717) is 19.3 Å². The number of guanidine groups is 1. The van der Waals surface area contributed by atoms with Gasteiger partial charge in [0, 0.05) is 46.9 Å². The number of ether oxygens (including phenoxy) is 3. The van der Waals surface area contributed by atoms with Gasteiger partial charge in [-0.25, -0.2) is 0 Å². The summed E-state index contributed by atoms with van der Waals surface area (Å²) in [7, 11) is 5.59. The zero-order valence-corrected chi connectivity index (χ0v) is 22.4. The van der Waals surface area contributed by atoms with Crippen LogP contribution < -0.4 is 15.4 Å². The number of aliphatic imine (C=N–C) groups is 1. The van der Waals surface area contributed by atoms with E-state index in [-0.39, 0.29) is 24.0 Å². The van der Waals surface area contributed by atoms with Crippen molar-refractivity contribution in [2.75, 3.05) is 60.7 Å². The van der Waals surface area contributed by atoms with Crippen LogP contribution in [0.2, 0.25) is 0 Å². The molecule has 0 unspecified atom stereocenters. The van der Waals surface area contributed by atoms with Gasteiger partial charge in [0.05, 0.1) is 12.7 Å². The molecular weight excluding hydrogens is 519 g/mol. The smallest absolute Gasteiger partial charge is 0.191 e. The van der Waals surface area contributed by atoms with E-state index < -0.39 is 0 Å². The van der Waals surface area contributed by atoms with E-state index in [9.17, 15) is 0 Å². The van der Waals surface area contributed by atoms with Gasteiger partial charge in [0.2, 0.25) is 0 Å². The maximum absolute atomic E-state index is 5.98. The molecule has 1 saturated carbocycles. The van der Waals surface area contributed by atoms with Gasteiger partial charge in [-0.2, -0.15) is 0 Å². The maximum atomic E-state index is 5.98. The molecule has 184 valence electrons. The molecule has 0 aromatic heterocycles. The third kappa shape index (κ3) is 12.8. The molecule has 0 saturated heterocycles. The van der Waals surface area contributed by atoms with Crippen molar-refractivity contribution < 1.29 is 14.2 Å². The molecule has 0 atom stereocenters. The van der Waals surface area contributed by atoms with E-state index in [1.807, 2.05) is 12.1 Å². The van der Waals surface area contributed by atoms with Crippen molar-refractivity contribution in [3.05, 3.63) is 29.8 Å². The van der Waals surface area contributed by atoms with Crippen molar-refractivity contribution in [2.24, 2.45) is 4.99 Å². The van der Waals surface area contributed by atoms with Crippen LogP contribution in [0.15, 0.2) is 29.3 Å². The highest BCUT2D eigenvalue weighted by atomic mass is 127. The van der Waals surface area contributed by atoms with Crippen molar-refractivity contribution in [3.63, 3.8) is 0 Å². The Bertz CT molecular complexity index is 627. The second-order valence-corrected chi connectivity index (χ2v) is 8.13. The van der Waals surface area contributed by atoms with Crippen LogP contribution in [0.1, 0.15) is 44.1 Å². The molecule has 0 amide bonds. The fourth-order valence-electron chi connectivity index (χ4n) is 3.59. The Labute approximate surface area is 211 Å². The molecule has 0 heterocycles. The van der Waals surface area contributed by atoms with Gasteiger partial charge < -0.3 is 29.7 Å². The number of likely N-dealkylation sites (N-methyl/N-ethyl adjacent to an activating group) is 1. The summed E-state index contributed by atoms with van der Waals surface area (Å²) >= 11 is 0. The number of benzene rings is 1. The Morgan fingerprint density at radius 3 is 2.62 bits per heavy atom. The predicted octanol–water partition coefficient (Wildman–Crippen LogP) is 3.67. The highest BCUT2D eigenvalue weighted by molar-refractivity contribution is 14.0. The topological polar surface area (TPSA) is 67.4 Å². The molecule has 0 radical (unpaired) electrons. The molecule has 32 heavy (non-hydrogen) atoms. The van der Waals surface area contributed by atoms with Crippen LogP contribution in [0.3, 0.4) is 0 Å². The third-order valence-electron chi connectivity index (χ3n) is 5.52. The molecule has 1 fully saturated rings. The number of hydrogen-bond acceptors (Lipinski definition) is 5. The molecule has 1 aliphatic carbocycles. The van der Waals surface area contributed by atoms with E-state index in [0.717, 1.165) is 56.5 Å². The minimum Gasteiger partial charge on any atom is -0.492 e. The predicted molar refractivity (Wildman–Crippen MR) is 142 cm³/mol. The van der Waals surface area contributed by atoms with E-state index in [4.69, 9.17) is 14.2 Å². The van der Waals surface area contributed by atoms with Crippen LogP contribution in [-0.4, -0.2) is 77.6 Å². The third-order valence-corrected chi connectivity index (χ3v) is 5.52. The number of halogens is 1. The van der Waals surface area contributed by atoms with Gasteiger partial charge in [0.25, 0.3) is 0 Å². The Morgan fingerprint density at radius 1 is 1.09 bits per heavy atom. The van der Waals surface area contributed by atoms with Crippen molar-refractivity contribution in [3.8, 4) is 5.75 Å². The Morgan fingerprint density at radius 2 is 1.88 bits per heavy atom. The van der Waals surface area contributed by atoms with Gasteiger partial charge >= 0.3 is 0 Å². The van der Waals surface area contributed by atoms with Crippen LogP contribution in [0, 0.1) is 0 Å². The zero-order chi connectivity index (χ0) is 22.2.